The Morgan fingerprint density at radius 3 is 2.00 bits per heavy atom. The van der Waals surface area contributed by atoms with Crippen LogP contribution in [0.5, 0.6) is 0 Å². The van der Waals surface area contributed by atoms with E-state index in [1.165, 1.54) is 19.3 Å². The van der Waals surface area contributed by atoms with Crippen LogP contribution in [0, 0.1) is 17.8 Å². The summed E-state index contributed by atoms with van der Waals surface area (Å²) in [5.74, 6) is 1.61. The Hall–Kier alpha value is -0.570. The molecule has 0 saturated heterocycles. The fourth-order valence-corrected chi connectivity index (χ4v) is 4.60. The fourth-order valence-electron chi connectivity index (χ4n) is 4.60. The van der Waals surface area contributed by atoms with Gasteiger partial charge in [0, 0.05) is 0 Å². The molecule has 4 aliphatic rings. The first-order valence-electron chi connectivity index (χ1n) is 6.47. The van der Waals surface area contributed by atoms with Crippen molar-refractivity contribution >= 4 is 5.97 Å². The number of carbonyl (C=O) groups is 1. The third-order valence-corrected chi connectivity index (χ3v) is 4.76. The molecule has 0 aromatic rings. The summed E-state index contributed by atoms with van der Waals surface area (Å²) >= 11 is 0. The van der Waals surface area contributed by atoms with Crippen LogP contribution in [0.3, 0.4) is 0 Å². The first kappa shape index (κ1) is 10.6. The van der Waals surface area contributed by atoms with Gasteiger partial charge in [-0.25, -0.2) is 4.79 Å². The molecule has 4 saturated carbocycles. The van der Waals surface area contributed by atoms with Crippen LogP contribution < -0.4 is 0 Å². The van der Waals surface area contributed by atoms with E-state index in [2.05, 4.69) is 0 Å². The van der Waals surface area contributed by atoms with E-state index < -0.39 is 12.1 Å². The van der Waals surface area contributed by atoms with Crippen molar-refractivity contribution in [1.82, 2.24) is 0 Å². The number of hydrogen-bond donors (Lipinski definition) is 1. The number of carboxylic acid groups (broad SMARTS) is 1. The number of carboxylic acids is 1. The first-order chi connectivity index (χ1) is 7.56. The van der Waals surface area contributed by atoms with Gasteiger partial charge in [0.25, 0.3) is 0 Å². The molecule has 3 nitrogen and oxygen atoms in total. The zero-order valence-electron chi connectivity index (χ0n) is 9.82. The monoisotopic (exact) mass is 224 g/mol. The molecular weight excluding hydrogens is 204 g/mol. The van der Waals surface area contributed by atoms with Crippen LogP contribution in [0.25, 0.3) is 0 Å². The zero-order valence-corrected chi connectivity index (χ0v) is 9.82. The second kappa shape index (κ2) is 3.46. The maximum Gasteiger partial charge on any atom is 0.332 e. The van der Waals surface area contributed by atoms with Crippen molar-refractivity contribution in [2.45, 2.75) is 57.2 Å². The number of aliphatic carboxylic acids is 1. The maximum atomic E-state index is 10.9. The lowest BCUT2D eigenvalue weighted by atomic mass is 9.54. The van der Waals surface area contributed by atoms with Gasteiger partial charge >= 0.3 is 5.97 Å². The van der Waals surface area contributed by atoms with Crippen LogP contribution in [0.4, 0.5) is 0 Å². The van der Waals surface area contributed by atoms with Crippen molar-refractivity contribution in [3.63, 3.8) is 0 Å². The van der Waals surface area contributed by atoms with Gasteiger partial charge < -0.3 is 9.84 Å². The second-order valence-electron chi connectivity index (χ2n) is 6.20. The molecule has 0 aliphatic heterocycles. The van der Waals surface area contributed by atoms with Gasteiger partial charge in [0.15, 0.2) is 6.10 Å². The molecule has 0 heterocycles. The van der Waals surface area contributed by atoms with Gasteiger partial charge in [0.1, 0.15) is 0 Å². The van der Waals surface area contributed by atoms with E-state index in [4.69, 9.17) is 9.84 Å². The molecule has 0 unspecified atom stereocenters. The van der Waals surface area contributed by atoms with E-state index >= 15 is 0 Å². The average molecular weight is 224 g/mol. The molecule has 90 valence electrons. The second-order valence-corrected chi connectivity index (χ2v) is 6.20. The van der Waals surface area contributed by atoms with Crippen LogP contribution in [0.15, 0.2) is 0 Å². The Morgan fingerprint density at radius 1 is 1.19 bits per heavy atom. The van der Waals surface area contributed by atoms with Crippen molar-refractivity contribution in [3.05, 3.63) is 0 Å². The van der Waals surface area contributed by atoms with Crippen LogP contribution >= 0.6 is 0 Å². The Morgan fingerprint density at radius 2 is 1.62 bits per heavy atom. The van der Waals surface area contributed by atoms with Gasteiger partial charge in [-0.15, -0.1) is 0 Å². The SMILES string of the molecule is C[C@@H](OC12CC3CC(CC(C3)C1)C2)C(=O)O. The van der Waals surface area contributed by atoms with Gasteiger partial charge in [0.05, 0.1) is 5.60 Å². The quantitative estimate of drug-likeness (QED) is 0.801. The summed E-state index contributed by atoms with van der Waals surface area (Å²) in [5.41, 5.74) is -0.0768. The minimum absolute atomic E-state index is 0.0768. The summed E-state index contributed by atoms with van der Waals surface area (Å²) in [6, 6.07) is 0. The molecular formula is C13H20O3. The summed E-state index contributed by atoms with van der Waals surface area (Å²) < 4.78 is 5.91. The summed E-state index contributed by atoms with van der Waals surface area (Å²) in [7, 11) is 0. The van der Waals surface area contributed by atoms with Crippen molar-refractivity contribution in [2.75, 3.05) is 0 Å². The highest BCUT2D eigenvalue weighted by Gasteiger charge is 2.52. The van der Waals surface area contributed by atoms with Gasteiger partial charge in [-0.1, -0.05) is 0 Å². The predicted molar refractivity (Wildman–Crippen MR) is 59.1 cm³/mol. The average Bonchev–Trinajstić information content (AvgIpc) is 2.13. The molecule has 4 fully saturated rings. The van der Waals surface area contributed by atoms with Crippen molar-refractivity contribution in [1.29, 1.82) is 0 Å². The Labute approximate surface area is 96.2 Å². The lowest BCUT2D eigenvalue weighted by Gasteiger charge is -2.56. The third-order valence-electron chi connectivity index (χ3n) is 4.76. The Balaban J connectivity index is 1.76. The lowest BCUT2D eigenvalue weighted by molar-refractivity contribution is -0.197. The number of hydrogen-bond acceptors (Lipinski definition) is 2. The summed E-state index contributed by atoms with van der Waals surface area (Å²) in [5, 5.41) is 8.96. The molecule has 16 heavy (non-hydrogen) atoms. The van der Waals surface area contributed by atoms with Gasteiger partial charge in [-0.05, 0) is 63.2 Å². The third kappa shape index (κ3) is 1.65. The molecule has 0 spiro atoms. The highest BCUT2D eigenvalue weighted by Crippen LogP contribution is 2.57. The maximum absolute atomic E-state index is 10.9. The smallest absolute Gasteiger partial charge is 0.332 e. The molecule has 1 atom stereocenters. The van der Waals surface area contributed by atoms with E-state index in [-0.39, 0.29) is 5.60 Å². The van der Waals surface area contributed by atoms with E-state index in [9.17, 15) is 4.79 Å². The standard InChI is InChI=1S/C13H20O3/c1-8(12(14)15)16-13-5-9-2-10(6-13)4-11(3-9)7-13/h8-11H,2-7H2,1H3,(H,14,15)/t8-,9?,10?,11?,13?/m1/s1. The van der Waals surface area contributed by atoms with E-state index in [0.717, 1.165) is 37.0 Å². The normalized spacial score (nSPS) is 46.9. The highest BCUT2D eigenvalue weighted by atomic mass is 16.5. The van der Waals surface area contributed by atoms with Gasteiger partial charge in [0.2, 0.25) is 0 Å². The molecule has 0 aromatic carbocycles. The first-order valence-corrected chi connectivity index (χ1v) is 6.47. The van der Waals surface area contributed by atoms with Crippen molar-refractivity contribution < 1.29 is 14.6 Å². The minimum Gasteiger partial charge on any atom is -0.479 e. The Kier molecular flexibility index (Phi) is 2.29. The van der Waals surface area contributed by atoms with Crippen LogP contribution in [0.1, 0.15) is 45.4 Å². The molecule has 0 amide bonds. The fraction of sp³-hybridized carbons (Fsp3) is 0.923. The summed E-state index contributed by atoms with van der Waals surface area (Å²) in [6.07, 6.45) is 6.78. The largest absolute Gasteiger partial charge is 0.479 e. The molecule has 3 heteroatoms. The molecule has 4 rings (SSSR count). The van der Waals surface area contributed by atoms with E-state index in [0.29, 0.717) is 0 Å². The topological polar surface area (TPSA) is 46.5 Å². The van der Waals surface area contributed by atoms with E-state index in [1.807, 2.05) is 0 Å². The molecule has 0 aromatic heterocycles. The van der Waals surface area contributed by atoms with Crippen molar-refractivity contribution in [2.24, 2.45) is 17.8 Å². The predicted octanol–water partition coefficient (Wildman–Crippen LogP) is 2.44. The molecule has 0 radical (unpaired) electrons. The Bertz CT molecular complexity index is 275. The number of rotatable bonds is 3. The lowest BCUT2D eigenvalue weighted by Crippen LogP contribution is -2.53. The minimum atomic E-state index is -0.823. The molecule has 1 N–H and O–H groups in total. The molecule has 4 bridgehead atoms. The summed E-state index contributed by atoms with van der Waals surface area (Å²) in [4.78, 5) is 10.9. The van der Waals surface area contributed by atoms with Crippen molar-refractivity contribution in [3.8, 4) is 0 Å². The molecule has 4 aliphatic carbocycles. The van der Waals surface area contributed by atoms with Gasteiger partial charge in [-0.3, -0.25) is 0 Å². The van der Waals surface area contributed by atoms with Crippen LogP contribution in [0.2, 0.25) is 0 Å². The summed E-state index contributed by atoms with van der Waals surface area (Å²) in [6.45, 7) is 1.67. The zero-order chi connectivity index (χ0) is 11.3. The highest BCUT2D eigenvalue weighted by molar-refractivity contribution is 5.71. The number of ether oxygens (including phenoxy) is 1. The van der Waals surface area contributed by atoms with Crippen LogP contribution in [-0.2, 0) is 9.53 Å². The van der Waals surface area contributed by atoms with Gasteiger partial charge in [-0.2, -0.15) is 0 Å². The van der Waals surface area contributed by atoms with Crippen LogP contribution in [-0.4, -0.2) is 22.8 Å². The van der Waals surface area contributed by atoms with E-state index in [1.54, 1.807) is 6.92 Å².